The van der Waals surface area contributed by atoms with Gasteiger partial charge in [-0.25, -0.2) is 15.0 Å². The van der Waals surface area contributed by atoms with Gasteiger partial charge in [-0.15, -0.1) is 11.3 Å². The molecule has 0 saturated carbocycles. The SMILES string of the molecule is Cc1ccc(-c2csc(CC(=O)c3cnc(Cl)cn3)n2)cc1C(F)(F)F. The van der Waals surface area contributed by atoms with Gasteiger partial charge in [0.05, 0.1) is 30.1 Å². The summed E-state index contributed by atoms with van der Waals surface area (Å²) < 4.78 is 39.2. The van der Waals surface area contributed by atoms with Crippen molar-refractivity contribution in [1.29, 1.82) is 0 Å². The van der Waals surface area contributed by atoms with Crippen molar-refractivity contribution in [2.45, 2.75) is 19.5 Å². The number of alkyl halides is 3. The van der Waals surface area contributed by atoms with E-state index in [0.29, 0.717) is 16.3 Å². The van der Waals surface area contributed by atoms with E-state index in [1.165, 1.54) is 36.7 Å². The highest BCUT2D eigenvalue weighted by molar-refractivity contribution is 7.10. The van der Waals surface area contributed by atoms with Crippen LogP contribution in [0.15, 0.2) is 36.0 Å². The van der Waals surface area contributed by atoms with Crippen LogP contribution in [0.1, 0.15) is 26.6 Å². The van der Waals surface area contributed by atoms with E-state index < -0.39 is 11.7 Å². The molecule has 0 bridgehead atoms. The van der Waals surface area contributed by atoms with Crippen molar-refractivity contribution >= 4 is 28.7 Å². The van der Waals surface area contributed by atoms with Gasteiger partial charge in [0, 0.05) is 10.9 Å². The number of aromatic nitrogens is 3. The summed E-state index contributed by atoms with van der Waals surface area (Å²) in [6, 6.07) is 4.06. The molecule has 0 aliphatic carbocycles. The number of benzene rings is 1. The maximum atomic E-state index is 13.1. The summed E-state index contributed by atoms with van der Waals surface area (Å²) in [6.07, 6.45) is -1.90. The molecule has 1 aromatic carbocycles. The molecule has 4 nitrogen and oxygen atoms in total. The fourth-order valence-electron chi connectivity index (χ4n) is 2.30. The summed E-state index contributed by atoms with van der Waals surface area (Å²) in [4.78, 5) is 24.1. The summed E-state index contributed by atoms with van der Waals surface area (Å²) >= 11 is 6.83. The minimum atomic E-state index is -4.43. The van der Waals surface area contributed by atoms with Gasteiger partial charge in [-0.05, 0) is 18.6 Å². The number of rotatable bonds is 4. The quantitative estimate of drug-likeness (QED) is 0.581. The molecule has 2 heterocycles. The minimum Gasteiger partial charge on any atom is -0.292 e. The summed E-state index contributed by atoms with van der Waals surface area (Å²) in [5, 5.41) is 2.29. The topological polar surface area (TPSA) is 55.7 Å². The number of aryl methyl sites for hydroxylation is 1. The van der Waals surface area contributed by atoms with Crippen molar-refractivity contribution in [2.24, 2.45) is 0 Å². The van der Waals surface area contributed by atoms with Crippen molar-refractivity contribution in [3.05, 3.63) is 63.0 Å². The Kier molecular flexibility index (Phi) is 5.06. The maximum absolute atomic E-state index is 13.1. The van der Waals surface area contributed by atoms with Gasteiger partial charge in [-0.3, -0.25) is 4.79 Å². The van der Waals surface area contributed by atoms with E-state index in [2.05, 4.69) is 15.0 Å². The molecule has 0 aliphatic heterocycles. The van der Waals surface area contributed by atoms with Crippen molar-refractivity contribution < 1.29 is 18.0 Å². The van der Waals surface area contributed by atoms with Gasteiger partial charge < -0.3 is 0 Å². The normalized spacial score (nSPS) is 11.6. The van der Waals surface area contributed by atoms with E-state index in [1.807, 2.05) is 0 Å². The molecule has 0 fully saturated rings. The van der Waals surface area contributed by atoms with Crippen LogP contribution in [0.2, 0.25) is 5.15 Å². The molecular formula is C17H11ClF3N3OS. The number of hydrogen-bond donors (Lipinski definition) is 0. The molecule has 0 N–H and O–H groups in total. The van der Waals surface area contributed by atoms with Crippen molar-refractivity contribution in [3.8, 4) is 11.3 Å². The molecule has 2 aromatic heterocycles. The molecule has 0 saturated heterocycles. The highest BCUT2D eigenvalue weighted by Gasteiger charge is 2.32. The Morgan fingerprint density at radius 1 is 1.23 bits per heavy atom. The second-order valence-corrected chi connectivity index (χ2v) is 6.81. The zero-order chi connectivity index (χ0) is 18.9. The lowest BCUT2D eigenvalue weighted by Gasteiger charge is -2.11. The molecular weight excluding hydrogens is 387 g/mol. The van der Waals surface area contributed by atoms with Crippen molar-refractivity contribution in [1.82, 2.24) is 15.0 Å². The Balaban J connectivity index is 1.82. The van der Waals surface area contributed by atoms with Crippen LogP contribution in [0, 0.1) is 6.92 Å². The van der Waals surface area contributed by atoms with E-state index in [0.717, 1.165) is 6.07 Å². The van der Waals surface area contributed by atoms with Gasteiger partial charge >= 0.3 is 6.18 Å². The molecule has 0 radical (unpaired) electrons. The molecule has 9 heteroatoms. The van der Waals surface area contributed by atoms with Crippen LogP contribution in [0.4, 0.5) is 13.2 Å². The molecule has 26 heavy (non-hydrogen) atoms. The fraction of sp³-hybridized carbons (Fsp3) is 0.176. The number of nitrogens with zero attached hydrogens (tertiary/aromatic N) is 3. The summed E-state index contributed by atoms with van der Waals surface area (Å²) in [5.41, 5.74) is 0.348. The first-order chi connectivity index (χ1) is 12.2. The first-order valence-corrected chi connectivity index (χ1v) is 8.63. The zero-order valence-corrected chi connectivity index (χ0v) is 14.9. The van der Waals surface area contributed by atoms with Crippen LogP contribution < -0.4 is 0 Å². The lowest BCUT2D eigenvalue weighted by Crippen LogP contribution is -2.07. The van der Waals surface area contributed by atoms with Gasteiger partial charge in [-0.2, -0.15) is 13.2 Å². The number of halogens is 4. The molecule has 0 amide bonds. The molecule has 3 rings (SSSR count). The van der Waals surface area contributed by atoms with Gasteiger partial charge in [0.2, 0.25) is 0 Å². The smallest absolute Gasteiger partial charge is 0.292 e. The highest BCUT2D eigenvalue weighted by atomic mass is 35.5. The van der Waals surface area contributed by atoms with Crippen molar-refractivity contribution in [3.63, 3.8) is 0 Å². The molecule has 3 aromatic rings. The summed E-state index contributed by atoms with van der Waals surface area (Å²) in [6.45, 7) is 1.41. The lowest BCUT2D eigenvalue weighted by molar-refractivity contribution is -0.138. The number of thiazole rings is 1. The Hall–Kier alpha value is -2.32. The van der Waals surface area contributed by atoms with Crippen LogP contribution in [-0.4, -0.2) is 20.7 Å². The monoisotopic (exact) mass is 397 g/mol. The predicted molar refractivity (Wildman–Crippen MR) is 92.4 cm³/mol. The Labute approximate surface area is 155 Å². The number of carbonyl (C=O) groups excluding carboxylic acids is 1. The third-order valence-corrected chi connectivity index (χ3v) is 4.65. The van der Waals surface area contributed by atoms with Crippen LogP contribution in [0.5, 0.6) is 0 Å². The van der Waals surface area contributed by atoms with Gasteiger partial charge in [0.1, 0.15) is 15.9 Å². The van der Waals surface area contributed by atoms with E-state index in [4.69, 9.17) is 11.6 Å². The minimum absolute atomic E-state index is 0.0149. The Bertz CT molecular complexity index is 955. The number of hydrogen-bond acceptors (Lipinski definition) is 5. The van der Waals surface area contributed by atoms with E-state index in [-0.39, 0.29) is 28.6 Å². The second-order valence-electron chi connectivity index (χ2n) is 5.48. The Morgan fingerprint density at radius 2 is 2.00 bits per heavy atom. The van der Waals surface area contributed by atoms with Gasteiger partial charge in [0.15, 0.2) is 5.78 Å². The average molecular weight is 398 g/mol. The third kappa shape index (κ3) is 4.08. The van der Waals surface area contributed by atoms with Crippen LogP contribution in [-0.2, 0) is 12.6 Å². The first kappa shape index (κ1) is 18.5. The van der Waals surface area contributed by atoms with Gasteiger partial charge in [-0.1, -0.05) is 23.7 Å². The molecule has 0 atom stereocenters. The van der Waals surface area contributed by atoms with Gasteiger partial charge in [0.25, 0.3) is 0 Å². The van der Waals surface area contributed by atoms with E-state index in [1.54, 1.807) is 11.4 Å². The number of Topliss-reactive ketones (excluding diaryl/α,β-unsaturated/α-hetero) is 1. The largest absolute Gasteiger partial charge is 0.416 e. The van der Waals surface area contributed by atoms with E-state index in [9.17, 15) is 18.0 Å². The van der Waals surface area contributed by atoms with Crippen LogP contribution >= 0.6 is 22.9 Å². The highest BCUT2D eigenvalue weighted by Crippen LogP contribution is 2.35. The number of ketones is 1. The predicted octanol–water partition coefficient (Wildman–Crippen LogP) is 5.01. The molecule has 0 unspecified atom stereocenters. The van der Waals surface area contributed by atoms with E-state index >= 15 is 0 Å². The molecule has 0 aliphatic rings. The van der Waals surface area contributed by atoms with Crippen LogP contribution in [0.3, 0.4) is 0 Å². The second kappa shape index (κ2) is 7.13. The fourth-order valence-corrected chi connectivity index (χ4v) is 3.20. The summed E-state index contributed by atoms with van der Waals surface area (Å²) in [5.74, 6) is -0.296. The average Bonchev–Trinajstić information content (AvgIpc) is 3.03. The maximum Gasteiger partial charge on any atom is 0.416 e. The third-order valence-electron chi connectivity index (χ3n) is 3.61. The Morgan fingerprint density at radius 3 is 2.65 bits per heavy atom. The molecule has 134 valence electrons. The number of carbonyl (C=O) groups is 1. The zero-order valence-electron chi connectivity index (χ0n) is 13.3. The first-order valence-electron chi connectivity index (χ1n) is 7.37. The lowest BCUT2D eigenvalue weighted by atomic mass is 10.0. The standard InChI is InChI=1S/C17H11ClF3N3OS/c1-9-2-3-10(4-11(9)17(19,20)21)13-8-26-16(24-13)5-14(25)12-6-23-15(18)7-22-12/h2-4,6-8H,5H2,1H3. The molecule has 0 spiro atoms. The van der Waals surface area contributed by atoms with Crippen molar-refractivity contribution in [2.75, 3.05) is 0 Å². The van der Waals surface area contributed by atoms with Crippen LogP contribution in [0.25, 0.3) is 11.3 Å². The summed E-state index contributed by atoms with van der Waals surface area (Å²) in [7, 11) is 0.